The molecule has 0 radical (unpaired) electrons. The van der Waals surface area contributed by atoms with E-state index in [-0.39, 0.29) is 17.8 Å². The van der Waals surface area contributed by atoms with Crippen LogP contribution in [0.3, 0.4) is 0 Å². The Morgan fingerprint density at radius 3 is 2.79 bits per heavy atom. The Morgan fingerprint density at radius 2 is 2.29 bits per heavy atom. The summed E-state index contributed by atoms with van der Waals surface area (Å²) in [6.45, 7) is 5.31. The third-order valence-electron chi connectivity index (χ3n) is 2.32. The standard InChI is InChI=1S/C9H19NO3S/c1-3-13-6-8(2)10-9-4-5-14(11,12)7-9/h8-10H,3-7H2,1-2H3. The van der Waals surface area contributed by atoms with Gasteiger partial charge in [-0.15, -0.1) is 0 Å². The number of sulfone groups is 1. The van der Waals surface area contributed by atoms with Gasteiger partial charge in [-0.25, -0.2) is 8.42 Å². The zero-order valence-corrected chi connectivity index (χ0v) is 9.64. The van der Waals surface area contributed by atoms with Crippen molar-refractivity contribution >= 4 is 9.84 Å². The summed E-state index contributed by atoms with van der Waals surface area (Å²) >= 11 is 0. The highest BCUT2D eigenvalue weighted by Gasteiger charge is 2.28. The molecule has 14 heavy (non-hydrogen) atoms. The summed E-state index contributed by atoms with van der Waals surface area (Å²) in [7, 11) is -2.76. The molecule has 1 aliphatic rings. The molecular formula is C9H19NO3S. The molecule has 0 aromatic heterocycles. The number of nitrogens with one attached hydrogen (secondary N) is 1. The van der Waals surface area contributed by atoms with Crippen molar-refractivity contribution in [3.63, 3.8) is 0 Å². The monoisotopic (exact) mass is 221 g/mol. The summed E-state index contributed by atoms with van der Waals surface area (Å²) in [5.74, 6) is 0.607. The quantitative estimate of drug-likeness (QED) is 0.720. The lowest BCUT2D eigenvalue weighted by Gasteiger charge is -2.17. The van der Waals surface area contributed by atoms with Crippen LogP contribution in [0.5, 0.6) is 0 Å². The van der Waals surface area contributed by atoms with Gasteiger partial charge in [0.25, 0.3) is 0 Å². The molecule has 0 amide bonds. The molecule has 0 spiro atoms. The zero-order valence-electron chi connectivity index (χ0n) is 8.82. The van der Waals surface area contributed by atoms with Crippen molar-refractivity contribution in [3.05, 3.63) is 0 Å². The topological polar surface area (TPSA) is 55.4 Å². The first kappa shape index (κ1) is 11.9. The van der Waals surface area contributed by atoms with Crippen LogP contribution < -0.4 is 5.32 Å². The van der Waals surface area contributed by atoms with Crippen LogP contribution in [-0.4, -0.2) is 45.2 Å². The fourth-order valence-corrected chi connectivity index (χ4v) is 3.36. The molecule has 0 aromatic carbocycles. The number of hydrogen-bond donors (Lipinski definition) is 1. The molecule has 1 fully saturated rings. The highest BCUT2D eigenvalue weighted by Crippen LogP contribution is 2.11. The molecule has 2 unspecified atom stereocenters. The molecule has 0 aromatic rings. The van der Waals surface area contributed by atoms with Crippen LogP contribution in [0.4, 0.5) is 0 Å². The first-order chi connectivity index (χ1) is 6.53. The summed E-state index contributed by atoms with van der Waals surface area (Å²) in [4.78, 5) is 0. The van der Waals surface area contributed by atoms with E-state index in [1.54, 1.807) is 0 Å². The van der Waals surface area contributed by atoms with Crippen LogP contribution >= 0.6 is 0 Å². The lowest BCUT2D eigenvalue weighted by Crippen LogP contribution is -2.39. The largest absolute Gasteiger partial charge is 0.380 e. The smallest absolute Gasteiger partial charge is 0.151 e. The number of rotatable bonds is 5. The minimum Gasteiger partial charge on any atom is -0.380 e. The molecule has 1 N–H and O–H groups in total. The Bertz CT molecular complexity index is 263. The first-order valence-corrected chi connectivity index (χ1v) is 6.90. The van der Waals surface area contributed by atoms with Gasteiger partial charge in [0, 0.05) is 18.7 Å². The van der Waals surface area contributed by atoms with Crippen molar-refractivity contribution in [2.75, 3.05) is 24.7 Å². The van der Waals surface area contributed by atoms with Crippen molar-refractivity contribution in [1.29, 1.82) is 0 Å². The van der Waals surface area contributed by atoms with E-state index in [0.717, 1.165) is 6.42 Å². The van der Waals surface area contributed by atoms with E-state index in [0.29, 0.717) is 19.0 Å². The van der Waals surface area contributed by atoms with Gasteiger partial charge >= 0.3 is 0 Å². The van der Waals surface area contributed by atoms with Crippen molar-refractivity contribution in [2.24, 2.45) is 0 Å². The van der Waals surface area contributed by atoms with E-state index in [9.17, 15) is 8.42 Å². The molecule has 5 heteroatoms. The van der Waals surface area contributed by atoms with Crippen LogP contribution in [0.15, 0.2) is 0 Å². The van der Waals surface area contributed by atoms with E-state index in [2.05, 4.69) is 5.32 Å². The maximum absolute atomic E-state index is 11.2. The summed E-state index contributed by atoms with van der Waals surface area (Å²) in [6, 6.07) is 0.351. The highest BCUT2D eigenvalue weighted by molar-refractivity contribution is 7.91. The van der Waals surface area contributed by atoms with Crippen LogP contribution in [0.1, 0.15) is 20.3 Å². The Hall–Kier alpha value is -0.130. The third kappa shape index (κ3) is 3.94. The molecule has 1 heterocycles. The first-order valence-electron chi connectivity index (χ1n) is 5.07. The fourth-order valence-electron chi connectivity index (χ4n) is 1.67. The molecule has 2 atom stereocenters. The lowest BCUT2D eigenvalue weighted by atomic mass is 10.2. The van der Waals surface area contributed by atoms with Crippen LogP contribution in [-0.2, 0) is 14.6 Å². The molecule has 0 saturated carbocycles. The zero-order chi connectivity index (χ0) is 10.6. The Labute approximate surface area is 85.9 Å². The van der Waals surface area contributed by atoms with E-state index in [4.69, 9.17) is 4.74 Å². The summed E-state index contributed by atoms with van der Waals surface area (Å²) in [6.07, 6.45) is 0.735. The van der Waals surface area contributed by atoms with E-state index in [1.807, 2.05) is 13.8 Å². The van der Waals surface area contributed by atoms with Gasteiger partial charge in [-0.05, 0) is 20.3 Å². The van der Waals surface area contributed by atoms with Gasteiger partial charge in [0.05, 0.1) is 18.1 Å². The minimum absolute atomic E-state index is 0.121. The second-order valence-electron chi connectivity index (χ2n) is 3.83. The number of hydrogen-bond acceptors (Lipinski definition) is 4. The van der Waals surface area contributed by atoms with Gasteiger partial charge in [0.2, 0.25) is 0 Å². The van der Waals surface area contributed by atoms with Gasteiger partial charge in [-0.1, -0.05) is 0 Å². The fraction of sp³-hybridized carbons (Fsp3) is 1.00. The van der Waals surface area contributed by atoms with Crippen molar-refractivity contribution < 1.29 is 13.2 Å². The average molecular weight is 221 g/mol. The molecule has 1 aliphatic heterocycles. The van der Waals surface area contributed by atoms with Gasteiger partial charge < -0.3 is 10.1 Å². The van der Waals surface area contributed by atoms with Crippen LogP contribution in [0.25, 0.3) is 0 Å². The molecule has 1 rings (SSSR count). The molecule has 0 aliphatic carbocycles. The molecule has 0 bridgehead atoms. The SMILES string of the molecule is CCOCC(C)NC1CCS(=O)(=O)C1. The van der Waals surface area contributed by atoms with Gasteiger partial charge in [0.1, 0.15) is 0 Å². The molecule has 4 nitrogen and oxygen atoms in total. The maximum Gasteiger partial charge on any atom is 0.151 e. The Balaban J connectivity index is 2.25. The van der Waals surface area contributed by atoms with Crippen molar-refractivity contribution in [3.8, 4) is 0 Å². The van der Waals surface area contributed by atoms with Crippen molar-refractivity contribution in [2.45, 2.75) is 32.4 Å². The Kier molecular flexibility index (Phi) is 4.34. The summed E-state index contributed by atoms with van der Waals surface area (Å²) < 4.78 is 27.6. The lowest BCUT2D eigenvalue weighted by molar-refractivity contribution is 0.124. The summed E-state index contributed by atoms with van der Waals surface area (Å²) in [5.41, 5.74) is 0. The summed E-state index contributed by atoms with van der Waals surface area (Å²) in [5, 5.41) is 3.27. The average Bonchev–Trinajstić information content (AvgIpc) is 2.42. The number of ether oxygens (including phenoxy) is 1. The van der Waals surface area contributed by atoms with E-state index < -0.39 is 9.84 Å². The second kappa shape index (κ2) is 5.09. The third-order valence-corrected chi connectivity index (χ3v) is 4.09. The van der Waals surface area contributed by atoms with Gasteiger partial charge in [-0.3, -0.25) is 0 Å². The van der Waals surface area contributed by atoms with Crippen LogP contribution in [0.2, 0.25) is 0 Å². The predicted octanol–water partition coefficient (Wildman–Crippen LogP) is 0.188. The predicted molar refractivity (Wildman–Crippen MR) is 56.1 cm³/mol. The maximum atomic E-state index is 11.2. The molecule has 1 saturated heterocycles. The van der Waals surface area contributed by atoms with E-state index in [1.165, 1.54) is 0 Å². The van der Waals surface area contributed by atoms with Gasteiger partial charge in [-0.2, -0.15) is 0 Å². The van der Waals surface area contributed by atoms with Gasteiger partial charge in [0.15, 0.2) is 9.84 Å². The minimum atomic E-state index is -2.76. The molecular weight excluding hydrogens is 202 g/mol. The molecule has 84 valence electrons. The second-order valence-corrected chi connectivity index (χ2v) is 6.06. The van der Waals surface area contributed by atoms with Crippen LogP contribution in [0, 0.1) is 0 Å². The Morgan fingerprint density at radius 1 is 1.57 bits per heavy atom. The van der Waals surface area contributed by atoms with Crippen molar-refractivity contribution in [1.82, 2.24) is 5.32 Å². The van der Waals surface area contributed by atoms with E-state index >= 15 is 0 Å². The highest BCUT2D eigenvalue weighted by atomic mass is 32.2. The normalized spacial score (nSPS) is 27.7.